The Morgan fingerprint density at radius 1 is 0.348 bits per heavy atom. The average molecular weight is 1310 g/mol. The van der Waals surface area contributed by atoms with Gasteiger partial charge in [0.2, 0.25) is 0 Å². The summed E-state index contributed by atoms with van der Waals surface area (Å²) in [7, 11) is 1.18. The molecule has 0 N–H and O–H groups in total. The fourth-order valence-corrected chi connectivity index (χ4v) is 12.2. The van der Waals surface area contributed by atoms with Crippen LogP contribution in [0.25, 0.3) is 0 Å². The van der Waals surface area contributed by atoms with Crippen molar-refractivity contribution in [3.63, 3.8) is 0 Å². The lowest BCUT2D eigenvalue weighted by Gasteiger charge is -2.28. The molecule has 0 aromatic heterocycles. The summed E-state index contributed by atoms with van der Waals surface area (Å²) in [6.07, 6.45) is 99.8. The van der Waals surface area contributed by atoms with Crippen molar-refractivity contribution in [2.75, 3.05) is 47.5 Å². The minimum absolute atomic E-state index is 0.0302. The summed E-state index contributed by atoms with van der Waals surface area (Å²) in [6, 6.07) is 0. The first-order valence-corrected chi connectivity index (χ1v) is 40.8. The molecule has 0 aromatic carbocycles. The van der Waals surface area contributed by atoms with Crippen molar-refractivity contribution in [3.05, 3.63) is 85.1 Å². The Balaban J connectivity index is 3.94. The molecule has 0 fully saturated rings. The number of carbonyl (C=O) groups is 2. The maximum atomic E-state index is 12.9. The van der Waals surface area contributed by atoms with E-state index in [1.54, 1.807) is 0 Å². The summed E-state index contributed by atoms with van der Waals surface area (Å²) in [6.45, 7) is 4.17. The number of phosphoric ester groups is 1. The van der Waals surface area contributed by atoms with Crippen molar-refractivity contribution >= 4 is 19.8 Å². The number of quaternary nitrogens is 1. The van der Waals surface area contributed by atoms with Crippen LogP contribution in [-0.4, -0.2) is 70.0 Å². The number of unbranched alkanes of at least 4 members (excludes halogenated alkanes) is 45. The van der Waals surface area contributed by atoms with Crippen LogP contribution in [0.4, 0.5) is 0 Å². The third kappa shape index (κ3) is 76.2. The van der Waals surface area contributed by atoms with Gasteiger partial charge in [-0.3, -0.25) is 14.2 Å². The minimum atomic E-state index is -4.65. The molecule has 536 valence electrons. The molecule has 0 spiro atoms. The fourth-order valence-electron chi connectivity index (χ4n) is 11.4. The van der Waals surface area contributed by atoms with Crippen molar-refractivity contribution < 1.29 is 42.1 Å². The highest BCUT2D eigenvalue weighted by atomic mass is 31.2. The Kier molecular flexibility index (Phi) is 70.2. The van der Waals surface area contributed by atoms with Gasteiger partial charge in [-0.25, -0.2) is 0 Å². The maximum Gasteiger partial charge on any atom is 0.306 e. The quantitative estimate of drug-likeness (QED) is 0.0195. The van der Waals surface area contributed by atoms with Gasteiger partial charge in [0.05, 0.1) is 27.7 Å². The second kappa shape index (κ2) is 72.5. The van der Waals surface area contributed by atoms with Crippen molar-refractivity contribution in [1.82, 2.24) is 0 Å². The summed E-state index contributed by atoms with van der Waals surface area (Å²) in [4.78, 5) is 38.2. The zero-order valence-corrected chi connectivity index (χ0v) is 62.1. The van der Waals surface area contributed by atoms with Crippen molar-refractivity contribution in [3.8, 4) is 0 Å². The van der Waals surface area contributed by atoms with Crippen LogP contribution in [0, 0.1) is 0 Å². The number of nitrogens with zero attached hydrogens (tertiary/aromatic N) is 1. The Bertz CT molecular complexity index is 1830. The van der Waals surface area contributed by atoms with Crippen LogP contribution in [0.3, 0.4) is 0 Å². The first-order chi connectivity index (χ1) is 45.0. The third-order valence-corrected chi connectivity index (χ3v) is 18.4. The number of ether oxygens (including phenoxy) is 2. The zero-order valence-electron chi connectivity index (χ0n) is 61.2. The van der Waals surface area contributed by atoms with Crippen LogP contribution in [0.2, 0.25) is 0 Å². The van der Waals surface area contributed by atoms with E-state index in [1.165, 1.54) is 270 Å². The van der Waals surface area contributed by atoms with Gasteiger partial charge in [0, 0.05) is 12.8 Å². The Morgan fingerprint density at radius 3 is 0.924 bits per heavy atom. The van der Waals surface area contributed by atoms with Gasteiger partial charge >= 0.3 is 11.9 Å². The largest absolute Gasteiger partial charge is 0.756 e. The van der Waals surface area contributed by atoms with Gasteiger partial charge in [-0.05, 0) is 89.9 Å². The lowest BCUT2D eigenvalue weighted by Crippen LogP contribution is -2.37. The average Bonchev–Trinajstić information content (AvgIpc) is 2.14. The van der Waals surface area contributed by atoms with Gasteiger partial charge < -0.3 is 27.9 Å². The van der Waals surface area contributed by atoms with E-state index in [-0.39, 0.29) is 32.0 Å². The highest BCUT2D eigenvalue weighted by molar-refractivity contribution is 7.45. The number of hydrogen-bond acceptors (Lipinski definition) is 8. The molecule has 2 unspecified atom stereocenters. The molecular formula is C82H150NO8P. The SMILES string of the molecule is CC/C=C\C/C=C\C/C=C\C/C=C\CCCCCCCCCCCCCCCCCCCCCCCCC(=O)OC(COC(=O)CCCCCCCCCCCCCCCCCCCC/C=C\C/C=C\C/C=C\CCCCCCC)COP(=O)([O-])OCC[N+](C)(C)C. The molecule has 0 bridgehead atoms. The molecule has 0 radical (unpaired) electrons. The molecular weight excluding hydrogens is 1160 g/mol. The second-order valence-corrected chi connectivity index (χ2v) is 29.1. The van der Waals surface area contributed by atoms with E-state index < -0.39 is 26.5 Å². The molecule has 0 aromatic rings. The van der Waals surface area contributed by atoms with Crippen LogP contribution in [-0.2, 0) is 32.7 Å². The van der Waals surface area contributed by atoms with Crippen LogP contribution in [0.5, 0.6) is 0 Å². The van der Waals surface area contributed by atoms with Gasteiger partial charge in [0.25, 0.3) is 7.82 Å². The fraction of sp³-hybridized carbons (Fsp3) is 0.805. The number of carbonyl (C=O) groups excluding carboxylic acids is 2. The van der Waals surface area contributed by atoms with E-state index in [2.05, 4.69) is 98.9 Å². The Hall–Kier alpha value is -2.81. The van der Waals surface area contributed by atoms with E-state index in [9.17, 15) is 19.0 Å². The predicted molar refractivity (Wildman–Crippen MR) is 397 cm³/mol. The minimum Gasteiger partial charge on any atom is -0.756 e. The molecule has 9 nitrogen and oxygen atoms in total. The maximum absolute atomic E-state index is 12.9. The third-order valence-electron chi connectivity index (χ3n) is 17.4. The van der Waals surface area contributed by atoms with E-state index in [4.69, 9.17) is 18.5 Å². The summed E-state index contributed by atoms with van der Waals surface area (Å²) >= 11 is 0. The molecule has 0 heterocycles. The van der Waals surface area contributed by atoms with E-state index in [1.807, 2.05) is 21.1 Å². The van der Waals surface area contributed by atoms with Crippen molar-refractivity contribution in [2.45, 2.75) is 380 Å². The Labute approximate surface area is 571 Å². The molecule has 0 saturated carbocycles. The standard InChI is InChI=1S/C82H150NO8P/c1-6-8-10-12-14-16-18-20-22-24-26-28-30-32-34-36-38-40-41-43-45-47-49-51-53-55-57-59-61-63-65-67-69-71-73-75-82(85)91-80(79-90-92(86,87)89-77-76-83(3,4)5)78-88-81(84)74-72-70-68-66-64-62-60-58-56-54-52-50-48-46-44-42-39-37-35-33-31-29-27-25-23-21-19-17-15-13-11-9-7-2/h8,10,14,16,19-22,25-28,31,33,80H,6-7,9,11-13,15,17-18,23-24,29-30,32,34-79H2,1-5H3/b10-8-,16-14-,21-19-,22-20-,27-25-,28-26-,33-31-. The topological polar surface area (TPSA) is 111 Å². The smallest absolute Gasteiger partial charge is 0.306 e. The first-order valence-electron chi connectivity index (χ1n) is 39.3. The molecule has 0 aliphatic rings. The molecule has 0 rings (SSSR count). The number of likely N-dealkylation sites (N-methyl/N-ethyl adjacent to an activating group) is 1. The Morgan fingerprint density at radius 2 is 0.620 bits per heavy atom. The van der Waals surface area contributed by atoms with E-state index in [0.717, 1.165) is 70.6 Å². The molecule has 92 heavy (non-hydrogen) atoms. The summed E-state index contributed by atoms with van der Waals surface area (Å²) in [5.74, 6) is -0.815. The number of allylic oxidation sites excluding steroid dienone is 14. The van der Waals surface area contributed by atoms with Crippen molar-refractivity contribution in [2.24, 2.45) is 0 Å². The molecule has 0 amide bonds. The second-order valence-electron chi connectivity index (χ2n) is 27.7. The normalized spacial score (nSPS) is 13.5. The van der Waals surface area contributed by atoms with Gasteiger partial charge in [0.15, 0.2) is 6.10 Å². The number of esters is 2. The summed E-state index contributed by atoms with van der Waals surface area (Å²) < 4.78 is 34.4. The molecule has 2 atom stereocenters. The lowest BCUT2D eigenvalue weighted by atomic mass is 10.0. The monoisotopic (exact) mass is 1310 g/mol. The highest BCUT2D eigenvalue weighted by Gasteiger charge is 2.22. The van der Waals surface area contributed by atoms with E-state index >= 15 is 0 Å². The molecule has 0 aliphatic carbocycles. The molecule has 0 saturated heterocycles. The zero-order chi connectivity index (χ0) is 66.9. The summed E-state index contributed by atoms with van der Waals surface area (Å²) in [5.41, 5.74) is 0. The van der Waals surface area contributed by atoms with Crippen LogP contribution >= 0.6 is 7.82 Å². The van der Waals surface area contributed by atoms with Crippen molar-refractivity contribution in [1.29, 1.82) is 0 Å². The van der Waals surface area contributed by atoms with Crippen LogP contribution in [0.15, 0.2) is 85.1 Å². The van der Waals surface area contributed by atoms with Crippen LogP contribution < -0.4 is 4.89 Å². The predicted octanol–water partition coefficient (Wildman–Crippen LogP) is 25.4. The van der Waals surface area contributed by atoms with Gasteiger partial charge in [-0.2, -0.15) is 0 Å². The van der Waals surface area contributed by atoms with Gasteiger partial charge in [-0.15, -0.1) is 0 Å². The molecule has 10 heteroatoms. The van der Waals surface area contributed by atoms with Gasteiger partial charge in [0.1, 0.15) is 19.8 Å². The van der Waals surface area contributed by atoms with Crippen LogP contribution in [0.1, 0.15) is 373 Å². The highest BCUT2D eigenvalue weighted by Crippen LogP contribution is 2.38. The molecule has 0 aliphatic heterocycles. The lowest BCUT2D eigenvalue weighted by molar-refractivity contribution is -0.870. The first kappa shape index (κ1) is 89.2. The number of phosphoric acid groups is 1. The number of hydrogen-bond donors (Lipinski definition) is 0. The summed E-state index contributed by atoms with van der Waals surface area (Å²) in [5, 5.41) is 0. The van der Waals surface area contributed by atoms with Gasteiger partial charge in [-0.1, -0.05) is 356 Å². The van der Waals surface area contributed by atoms with E-state index in [0.29, 0.717) is 17.4 Å². The number of rotatable bonds is 73.